The summed E-state index contributed by atoms with van der Waals surface area (Å²) in [6.45, 7) is 7.76. The van der Waals surface area contributed by atoms with Gasteiger partial charge in [-0.2, -0.15) is 0 Å². The number of carbonyl (C=O) groups is 2. The highest BCUT2D eigenvalue weighted by atomic mass is 16.6. The van der Waals surface area contributed by atoms with E-state index in [9.17, 15) is 14.7 Å². The molecule has 0 saturated carbocycles. The van der Waals surface area contributed by atoms with Crippen LogP contribution in [0.1, 0.15) is 47.0 Å². The standard InChI is InChI=1S/C13H23NO4/c1-5-9-7-6-8-14(10(9)11(15)16)12(17)18-13(2,3)4/h9-10H,5-8H2,1-4H3,(H,15,16)/t9-,10+/m0/s1. The Morgan fingerprint density at radius 3 is 2.44 bits per heavy atom. The second-order valence-corrected chi connectivity index (χ2v) is 5.77. The van der Waals surface area contributed by atoms with E-state index < -0.39 is 23.7 Å². The minimum Gasteiger partial charge on any atom is -0.480 e. The Labute approximate surface area is 108 Å². The molecule has 1 aliphatic rings. The number of nitrogens with zero attached hydrogens (tertiary/aromatic N) is 1. The molecule has 1 heterocycles. The van der Waals surface area contributed by atoms with E-state index in [0.717, 1.165) is 19.3 Å². The highest BCUT2D eigenvalue weighted by Gasteiger charge is 2.40. The third-order valence-corrected chi connectivity index (χ3v) is 3.16. The maximum atomic E-state index is 12.0. The first-order valence-electron chi connectivity index (χ1n) is 6.48. The zero-order valence-electron chi connectivity index (χ0n) is 11.6. The fourth-order valence-electron chi connectivity index (χ4n) is 2.36. The topological polar surface area (TPSA) is 66.8 Å². The smallest absolute Gasteiger partial charge is 0.411 e. The average molecular weight is 257 g/mol. The van der Waals surface area contributed by atoms with Gasteiger partial charge in [0.25, 0.3) is 0 Å². The van der Waals surface area contributed by atoms with Gasteiger partial charge in [0.15, 0.2) is 0 Å². The minimum atomic E-state index is -0.938. The molecule has 1 fully saturated rings. The van der Waals surface area contributed by atoms with Gasteiger partial charge in [0, 0.05) is 6.54 Å². The van der Waals surface area contributed by atoms with E-state index in [4.69, 9.17) is 4.74 Å². The van der Waals surface area contributed by atoms with Gasteiger partial charge in [-0.1, -0.05) is 13.3 Å². The average Bonchev–Trinajstić information content (AvgIpc) is 2.25. The van der Waals surface area contributed by atoms with Gasteiger partial charge in [0.2, 0.25) is 0 Å². The molecule has 5 nitrogen and oxygen atoms in total. The highest BCUT2D eigenvalue weighted by molar-refractivity contribution is 5.80. The van der Waals surface area contributed by atoms with Crippen LogP contribution in [-0.4, -0.2) is 40.3 Å². The van der Waals surface area contributed by atoms with Crippen LogP contribution < -0.4 is 0 Å². The van der Waals surface area contributed by atoms with Crippen molar-refractivity contribution in [2.75, 3.05) is 6.54 Å². The summed E-state index contributed by atoms with van der Waals surface area (Å²) in [6, 6.07) is -0.751. The number of likely N-dealkylation sites (tertiary alicyclic amines) is 1. The van der Waals surface area contributed by atoms with Gasteiger partial charge in [0.1, 0.15) is 11.6 Å². The molecule has 0 aliphatic carbocycles. The van der Waals surface area contributed by atoms with E-state index >= 15 is 0 Å². The maximum Gasteiger partial charge on any atom is 0.411 e. The summed E-state index contributed by atoms with van der Waals surface area (Å²) < 4.78 is 5.27. The predicted octanol–water partition coefficient (Wildman–Crippen LogP) is 2.50. The lowest BCUT2D eigenvalue weighted by molar-refractivity contribution is -0.147. The number of ether oxygens (including phenoxy) is 1. The van der Waals surface area contributed by atoms with Gasteiger partial charge in [-0.3, -0.25) is 4.90 Å². The molecule has 0 spiro atoms. The number of aliphatic carboxylic acids is 1. The first kappa shape index (κ1) is 14.8. The summed E-state index contributed by atoms with van der Waals surface area (Å²) >= 11 is 0. The Hall–Kier alpha value is -1.26. The van der Waals surface area contributed by atoms with Crippen molar-refractivity contribution in [3.63, 3.8) is 0 Å². The SMILES string of the molecule is CC[C@H]1CCCN(C(=O)OC(C)(C)C)[C@H]1C(=O)O. The molecular formula is C13H23NO4. The Morgan fingerprint density at radius 1 is 1.39 bits per heavy atom. The number of piperidine rings is 1. The molecule has 2 atom stereocenters. The second kappa shape index (κ2) is 5.59. The molecule has 0 bridgehead atoms. The summed E-state index contributed by atoms with van der Waals surface area (Å²) in [5, 5.41) is 9.31. The van der Waals surface area contributed by atoms with E-state index in [1.54, 1.807) is 20.8 Å². The van der Waals surface area contributed by atoms with Crippen molar-refractivity contribution < 1.29 is 19.4 Å². The molecule has 1 saturated heterocycles. The quantitative estimate of drug-likeness (QED) is 0.825. The van der Waals surface area contributed by atoms with Gasteiger partial charge in [-0.05, 0) is 39.5 Å². The van der Waals surface area contributed by atoms with Crippen molar-refractivity contribution in [3.8, 4) is 0 Å². The van der Waals surface area contributed by atoms with Crippen LogP contribution in [0.2, 0.25) is 0 Å². The molecule has 0 aromatic carbocycles. The molecule has 0 unspecified atom stereocenters. The van der Waals surface area contributed by atoms with Gasteiger partial charge < -0.3 is 9.84 Å². The van der Waals surface area contributed by atoms with Crippen LogP contribution in [0.3, 0.4) is 0 Å². The number of hydrogen-bond acceptors (Lipinski definition) is 3. The molecule has 1 N–H and O–H groups in total. The first-order valence-corrected chi connectivity index (χ1v) is 6.48. The van der Waals surface area contributed by atoms with Gasteiger partial charge in [-0.15, -0.1) is 0 Å². The number of hydrogen-bond donors (Lipinski definition) is 1. The number of rotatable bonds is 2. The Morgan fingerprint density at radius 2 is 2.00 bits per heavy atom. The zero-order valence-corrected chi connectivity index (χ0v) is 11.6. The van der Waals surface area contributed by atoms with Gasteiger partial charge in [-0.25, -0.2) is 9.59 Å². The van der Waals surface area contributed by atoms with Crippen molar-refractivity contribution in [1.29, 1.82) is 0 Å². The zero-order chi connectivity index (χ0) is 13.9. The number of carbonyl (C=O) groups excluding carboxylic acids is 1. The largest absolute Gasteiger partial charge is 0.480 e. The summed E-state index contributed by atoms with van der Waals surface area (Å²) in [5.74, 6) is -0.920. The lowest BCUT2D eigenvalue weighted by Gasteiger charge is -2.38. The van der Waals surface area contributed by atoms with E-state index in [0.29, 0.717) is 6.54 Å². The van der Waals surface area contributed by atoms with Gasteiger partial charge >= 0.3 is 12.1 Å². The third kappa shape index (κ3) is 3.62. The Bertz CT molecular complexity index is 321. The van der Waals surface area contributed by atoms with E-state index in [-0.39, 0.29) is 5.92 Å². The Balaban J connectivity index is 2.83. The monoisotopic (exact) mass is 257 g/mol. The molecule has 18 heavy (non-hydrogen) atoms. The molecule has 1 aliphatic heterocycles. The Kier molecular flexibility index (Phi) is 4.59. The van der Waals surface area contributed by atoms with Crippen LogP contribution in [-0.2, 0) is 9.53 Å². The van der Waals surface area contributed by atoms with Crippen LogP contribution in [0.15, 0.2) is 0 Å². The summed E-state index contributed by atoms with van der Waals surface area (Å²) in [7, 11) is 0. The molecular weight excluding hydrogens is 234 g/mol. The van der Waals surface area contributed by atoms with Crippen LogP contribution >= 0.6 is 0 Å². The first-order chi connectivity index (χ1) is 8.26. The van der Waals surface area contributed by atoms with E-state index in [1.165, 1.54) is 4.90 Å². The van der Waals surface area contributed by atoms with Crippen LogP contribution in [0, 0.1) is 5.92 Å². The minimum absolute atomic E-state index is 0.0174. The van der Waals surface area contributed by atoms with Crippen LogP contribution in [0.4, 0.5) is 4.79 Å². The molecule has 0 aromatic heterocycles. The molecule has 1 rings (SSSR count). The molecule has 1 amide bonds. The van der Waals surface area contributed by atoms with Crippen molar-refractivity contribution >= 4 is 12.1 Å². The van der Waals surface area contributed by atoms with Crippen LogP contribution in [0.5, 0.6) is 0 Å². The highest BCUT2D eigenvalue weighted by Crippen LogP contribution is 2.28. The van der Waals surface area contributed by atoms with Crippen molar-refractivity contribution in [1.82, 2.24) is 4.90 Å². The molecule has 5 heteroatoms. The van der Waals surface area contributed by atoms with E-state index in [1.807, 2.05) is 6.92 Å². The van der Waals surface area contributed by atoms with Crippen LogP contribution in [0.25, 0.3) is 0 Å². The number of carboxylic acid groups (broad SMARTS) is 1. The third-order valence-electron chi connectivity index (χ3n) is 3.16. The number of carboxylic acids is 1. The predicted molar refractivity (Wildman–Crippen MR) is 67.4 cm³/mol. The fraction of sp³-hybridized carbons (Fsp3) is 0.846. The summed E-state index contributed by atoms with van der Waals surface area (Å²) in [4.78, 5) is 24.8. The normalized spacial score (nSPS) is 24.8. The molecule has 104 valence electrons. The summed E-state index contributed by atoms with van der Waals surface area (Å²) in [6.07, 6.45) is 1.93. The van der Waals surface area contributed by atoms with Crippen molar-refractivity contribution in [2.45, 2.75) is 58.6 Å². The lowest BCUT2D eigenvalue weighted by Crippen LogP contribution is -2.53. The lowest BCUT2D eigenvalue weighted by atomic mass is 9.87. The summed E-state index contributed by atoms with van der Waals surface area (Å²) in [5.41, 5.74) is -0.598. The number of amides is 1. The fourth-order valence-corrected chi connectivity index (χ4v) is 2.36. The van der Waals surface area contributed by atoms with Crippen molar-refractivity contribution in [3.05, 3.63) is 0 Å². The molecule has 0 aromatic rings. The molecule has 0 radical (unpaired) electrons. The second-order valence-electron chi connectivity index (χ2n) is 5.77. The van der Waals surface area contributed by atoms with E-state index in [2.05, 4.69) is 0 Å². The van der Waals surface area contributed by atoms with Crippen molar-refractivity contribution in [2.24, 2.45) is 5.92 Å². The maximum absolute atomic E-state index is 12.0. The van der Waals surface area contributed by atoms with Gasteiger partial charge in [0.05, 0.1) is 0 Å².